The maximum Gasteiger partial charge on any atom is 0.183 e. The maximum atomic E-state index is 4.34. The Hall–Kier alpha value is -0.870. The van der Waals surface area contributed by atoms with E-state index in [0.29, 0.717) is 0 Å². The van der Waals surface area contributed by atoms with Gasteiger partial charge in [-0.2, -0.15) is 0 Å². The topological polar surface area (TPSA) is 24.9 Å². The van der Waals surface area contributed by atoms with Crippen LogP contribution in [0.4, 0.5) is 5.13 Å². The van der Waals surface area contributed by atoms with Gasteiger partial charge in [-0.1, -0.05) is 28.1 Å². The number of rotatable bonds is 3. The predicted octanol–water partition coefficient (Wildman–Crippen LogP) is 3.83. The third kappa shape index (κ3) is 3.04. The molecule has 0 aliphatic heterocycles. The quantitative estimate of drug-likeness (QED) is 0.926. The molecule has 1 aromatic carbocycles. The van der Waals surface area contributed by atoms with Gasteiger partial charge in [-0.3, -0.25) is 0 Å². The van der Waals surface area contributed by atoms with Crippen molar-refractivity contribution in [3.05, 3.63) is 45.4 Å². The van der Waals surface area contributed by atoms with Crippen LogP contribution in [0.25, 0.3) is 0 Å². The van der Waals surface area contributed by atoms with Crippen molar-refractivity contribution in [2.24, 2.45) is 0 Å². The summed E-state index contributed by atoms with van der Waals surface area (Å²) >= 11 is 5.09. The van der Waals surface area contributed by atoms with Crippen LogP contribution in [0.1, 0.15) is 11.3 Å². The second kappa shape index (κ2) is 4.77. The number of thiazole rings is 1. The molecule has 0 aliphatic carbocycles. The fourth-order valence-electron chi connectivity index (χ4n) is 1.26. The highest BCUT2D eigenvalue weighted by Crippen LogP contribution is 2.17. The van der Waals surface area contributed by atoms with Crippen molar-refractivity contribution < 1.29 is 0 Å². The number of hydrogen-bond acceptors (Lipinski definition) is 3. The molecule has 0 aliphatic rings. The zero-order chi connectivity index (χ0) is 10.7. The van der Waals surface area contributed by atoms with Crippen LogP contribution >= 0.6 is 27.3 Å². The predicted molar refractivity (Wildman–Crippen MR) is 68.3 cm³/mol. The average molecular weight is 283 g/mol. The highest BCUT2D eigenvalue weighted by Gasteiger charge is 1.98. The van der Waals surface area contributed by atoms with E-state index in [-0.39, 0.29) is 0 Å². The molecule has 15 heavy (non-hydrogen) atoms. The third-order valence-electron chi connectivity index (χ3n) is 1.95. The number of hydrogen-bond donors (Lipinski definition) is 1. The van der Waals surface area contributed by atoms with Crippen LogP contribution in [0.15, 0.2) is 34.1 Å². The fraction of sp³-hybridized carbons (Fsp3) is 0.182. The highest BCUT2D eigenvalue weighted by molar-refractivity contribution is 9.10. The minimum absolute atomic E-state index is 0.812. The minimum atomic E-state index is 0.812. The summed E-state index contributed by atoms with van der Waals surface area (Å²) in [6.45, 7) is 2.81. The van der Waals surface area contributed by atoms with Crippen LogP contribution in [0.3, 0.4) is 0 Å². The molecule has 0 spiro atoms. The van der Waals surface area contributed by atoms with Gasteiger partial charge in [0.1, 0.15) is 0 Å². The van der Waals surface area contributed by atoms with Gasteiger partial charge < -0.3 is 5.32 Å². The van der Waals surface area contributed by atoms with Crippen LogP contribution < -0.4 is 5.32 Å². The zero-order valence-corrected chi connectivity index (χ0v) is 10.7. The molecule has 0 fully saturated rings. The molecule has 78 valence electrons. The van der Waals surface area contributed by atoms with E-state index in [1.165, 1.54) is 5.56 Å². The lowest BCUT2D eigenvalue weighted by Crippen LogP contribution is -1.98. The smallest absolute Gasteiger partial charge is 0.183 e. The second-order valence-electron chi connectivity index (χ2n) is 3.28. The van der Waals surface area contributed by atoms with Crippen molar-refractivity contribution in [3.63, 3.8) is 0 Å². The standard InChI is InChI=1S/C11H11BrN2S/c1-8-7-15-11(14-8)13-6-9-3-2-4-10(12)5-9/h2-5,7H,6H2,1H3,(H,13,14). The molecule has 2 aromatic rings. The van der Waals surface area contributed by atoms with Gasteiger partial charge in [0.05, 0.1) is 5.69 Å². The van der Waals surface area contributed by atoms with Crippen LogP contribution in [-0.2, 0) is 6.54 Å². The first-order valence-corrected chi connectivity index (χ1v) is 6.32. The normalized spacial score (nSPS) is 10.3. The lowest BCUT2D eigenvalue weighted by atomic mass is 10.2. The van der Waals surface area contributed by atoms with E-state index in [4.69, 9.17) is 0 Å². The average Bonchev–Trinajstić information content (AvgIpc) is 2.62. The molecule has 0 bridgehead atoms. The van der Waals surface area contributed by atoms with Gasteiger partial charge in [0.2, 0.25) is 0 Å². The summed E-state index contributed by atoms with van der Waals surface area (Å²) in [5.74, 6) is 0. The first-order chi connectivity index (χ1) is 7.24. The summed E-state index contributed by atoms with van der Waals surface area (Å²) < 4.78 is 1.11. The zero-order valence-electron chi connectivity index (χ0n) is 8.33. The number of anilines is 1. The SMILES string of the molecule is Cc1csc(NCc2cccc(Br)c2)n1. The van der Waals surface area contributed by atoms with E-state index in [1.54, 1.807) is 11.3 Å². The lowest BCUT2D eigenvalue weighted by molar-refractivity contribution is 1.12. The Bertz CT molecular complexity index is 453. The lowest BCUT2D eigenvalue weighted by Gasteiger charge is -2.02. The monoisotopic (exact) mass is 282 g/mol. The van der Waals surface area contributed by atoms with Crippen molar-refractivity contribution in [2.75, 3.05) is 5.32 Å². The molecular formula is C11H11BrN2S. The number of benzene rings is 1. The Kier molecular flexibility index (Phi) is 3.38. The third-order valence-corrected chi connectivity index (χ3v) is 3.36. The van der Waals surface area contributed by atoms with Crippen molar-refractivity contribution in [3.8, 4) is 0 Å². The van der Waals surface area contributed by atoms with E-state index in [2.05, 4.69) is 38.4 Å². The molecule has 0 amide bonds. The van der Waals surface area contributed by atoms with Gasteiger partial charge in [0.15, 0.2) is 5.13 Å². The molecule has 0 saturated carbocycles. The van der Waals surface area contributed by atoms with Gasteiger partial charge >= 0.3 is 0 Å². The van der Waals surface area contributed by atoms with Gasteiger partial charge in [0, 0.05) is 16.4 Å². The fourth-order valence-corrected chi connectivity index (χ4v) is 2.39. The Morgan fingerprint density at radius 3 is 3.00 bits per heavy atom. The Morgan fingerprint density at radius 1 is 1.47 bits per heavy atom. The van der Waals surface area contributed by atoms with Crippen LogP contribution in [0.5, 0.6) is 0 Å². The summed E-state index contributed by atoms with van der Waals surface area (Å²) in [5, 5.41) is 6.32. The summed E-state index contributed by atoms with van der Waals surface area (Å²) in [6.07, 6.45) is 0. The van der Waals surface area contributed by atoms with E-state index >= 15 is 0 Å². The number of nitrogens with one attached hydrogen (secondary N) is 1. The Morgan fingerprint density at radius 2 is 2.33 bits per heavy atom. The van der Waals surface area contributed by atoms with E-state index in [0.717, 1.165) is 21.8 Å². The summed E-state index contributed by atoms with van der Waals surface area (Å²) in [4.78, 5) is 4.34. The molecular weight excluding hydrogens is 272 g/mol. The van der Waals surface area contributed by atoms with Crippen molar-refractivity contribution in [2.45, 2.75) is 13.5 Å². The number of aryl methyl sites for hydroxylation is 1. The summed E-state index contributed by atoms with van der Waals surface area (Å²) in [5.41, 5.74) is 2.31. The Balaban J connectivity index is 1.99. The van der Waals surface area contributed by atoms with Crippen LogP contribution in [0, 0.1) is 6.92 Å². The van der Waals surface area contributed by atoms with Crippen LogP contribution in [0.2, 0.25) is 0 Å². The van der Waals surface area contributed by atoms with Crippen molar-refractivity contribution in [1.29, 1.82) is 0 Å². The molecule has 0 atom stereocenters. The van der Waals surface area contributed by atoms with Gasteiger partial charge in [-0.05, 0) is 24.6 Å². The largest absolute Gasteiger partial charge is 0.357 e. The van der Waals surface area contributed by atoms with E-state index in [9.17, 15) is 0 Å². The van der Waals surface area contributed by atoms with E-state index in [1.807, 2.05) is 24.4 Å². The van der Waals surface area contributed by atoms with Crippen LogP contribution in [-0.4, -0.2) is 4.98 Å². The molecule has 0 saturated heterocycles. The van der Waals surface area contributed by atoms with Gasteiger partial charge in [-0.15, -0.1) is 11.3 Å². The summed E-state index contributed by atoms with van der Waals surface area (Å²) in [6, 6.07) is 8.26. The van der Waals surface area contributed by atoms with Gasteiger partial charge in [-0.25, -0.2) is 4.98 Å². The van der Waals surface area contributed by atoms with Crippen molar-refractivity contribution in [1.82, 2.24) is 4.98 Å². The first kappa shape index (κ1) is 10.6. The molecule has 1 N–H and O–H groups in total. The summed E-state index contributed by atoms with van der Waals surface area (Å²) in [7, 11) is 0. The highest BCUT2D eigenvalue weighted by atomic mass is 79.9. The molecule has 0 radical (unpaired) electrons. The second-order valence-corrected chi connectivity index (χ2v) is 5.05. The molecule has 2 rings (SSSR count). The minimum Gasteiger partial charge on any atom is -0.357 e. The molecule has 4 heteroatoms. The first-order valence-electron chi connectivity index (χ1n) is 4.64. The van der Waals surface area contributed by atoms with Crippen molar-refractivity contribution >= 4 is 32.4 Å². The molecule has 1 heterocycles. The number of aromatic nitrogens is 1. The van der Waals surface area contributed by atoms with E-state index < -0.39 is 0 Å². The van der Waals surface area contributed by atoms with Gasteiger partial charge in [0.25, 0.3) is 0 Å². The molecule has 2 nitrogen and oxygen atoms in total. The number of nitrogens with zero attached hydrogens (tertiary/aromatic N) is 1. The Labute approximate surface area is 101 Å². The molecule has 0 unspecified atom stereocenters. The number of halogens is 1. The molecule has 1 aromatic heterocycles. The maximum absolute atomic E-state index is 4.34.